The molecule has 3 rings (SSSR count). The third-order valence-electron chi connectivity index (χ3n) is 5.69. The summed E-state index contributed by atoms with van der Waals surface area (Å²) in [4.78, 5) is 26.4. The minimum atomic E-state index is -1.23. The third-order valence-corrected chi connectivity index (χ3v) is 5.69. The van der Waals surface area contributed by atoms with E-state index < -0.39 is 24.3 Å². The number of amides is 2. The molecule has 0 aromatic heterocycles. The Balaban J connectivity index is 1.79. The van der Waals surface area contributed by atoms with E-state index in [9.17, 15) is 19.8 Å². The minimum Gasteiger partial charge on any atom is -0.465 e. The molecule has 1 aliphatic heterocycles. The van der Waals surface area contributed by atoms with E-state index >= 15 is 0 Å². The molecule has 4 N–H and O–H groups in total. The number of nitrogens with one attached hydrogen (secondary N) is 2. The molecule has 4 atom stereocenters. The standard InChI is InChI=1S/C24H31N3O4/c1-2-3-14-20-26-21(23(29)27(20)16-18-12-8-5-9-13-18)22(28)19(25-24(30)31)15-17-10-6-4-7-11-17/h4-13,19-22,25-26,28H,2-3,14-16H2,1H3,(H,30,31)/t19-,20?,21-,22+/m0/s1. The monoisotopic (exact) mass is 425 g/mol. The number of rotatable bonds is 10. The van der Waals surface area contributed by atoms with Crippen molar-refractivity contribution in [2.75, 3.05) is 0 Å². The van der Waals surface area contributed by atoms with Gasteiger partial charge >= 0.3 is 6.09 Å². The van der Waals surface area contributed by atoms with Crippen molar-refractivity contribution in [1.82, 2.24) is 15.5 Å². The summed E-state index contributed by atoms with van der Waals surface area (Å²) in [7, 11) is 0. The highest BCUT2D eigenvalue weighted by Crippen LogP contribution is 2.23. The second-order valence-electron chi connectivity index (χ2n) is 7.99. The highest BCUT2D eigenvalue weighted by molar-refractivity contribution is 5.85. The van der Waals surface area contributed by atoms with Gasteiger partial charge in [-0.1, -0.05) is 80.4 Å². The van der Waals surface area contributed by atoms with Crippen LogP contribution in [0.3, 0.4) is 0 Å². The second kappa shape index (κ2) is 10.9. The van der Waals surface area contributed by atoms with Crippen LogP contribution in [0.4, 0.5) is 4.79 Å². The second-order valence-corrected chi connectivity index (χ2v) is 7.99. The average Bonchev–Trinajstić information content (AvgIpc) is 3.07. The summed E-state index contributed by atoms with van der Waals surface area (Å²) < 4.78 is 0. The first-order valence-electron chi connectivity index (χ1n) is 10.8. The molecule has 7 nitrogen and oxygen atoms in total. The molecule has 166 valence electrons. The van der Waals surface area contributed by atoms with Crippen molar-refractivity contribution < 1.29 is 19.8 Å². The topological polar surface area (TPSA) is 102 Å². The molecule has 1 fully saturated rings. The molecule has 2 aromatic rings. The maximum atomic E-state index is 13.3. The van der Waals surface area contributed by atoms with Crippen molar-refractivity contribution >= 4 is 12.0 Å². The van der Waals surface area contributed by atoms with E-state index in [1.54, 1.807) is 4.90 Å². The van der Waals surface area contributed by atoms with Gasteiger partial charge in [0.15, 0.2) is 0 Å². The van der Waals surface area contributed by atoms with Crippen LogP contribution in [0.1, 0.15) is 37.3 Å². The lowest BCUT2D eigenvalue weighted by Crippen LogP contribution is -2.54. The number of carboxylic acid groups (broad SMARTS) is 1. The first-order valence-corrected chi connectivity index (χ1v) is 10.8. The van der Waals surface area contributed by atoms with Crippen LogP contribution in [0.2, 0.25) is 0 Å². The molecule has 0 radical (unpaired) electrons. The zero-order chi connectivity index (χ0) is 22.2. The summed E-state index contributed by atoms with van der Waals surface area (Å²) in [5.74, 6) is -0.206. The number of benzene rings is 2. The Labute approximate surface area is 183 Å². The van der Waals surface area contributed by atoms with Gasteiger partial charge in [-0.15, -0.1) is 0 Å². The van der Waals surface area contributed by atoms with E-state index in [1.165, 1.54) is 0 Å². The normalized spacial score (nSPS) is 20.5. The van der Waals surface area contributed by atoms with Crippen LogP contribution in [-0.4, -0.2) is 51.5 Å². The SMILES string of the molecule is CCCCC1N[C@@H]([C@H](O)[C@H](Cc2ccccc2)NC(=O)O)C(=O)N1Cc1ccccc1. The fraction of sp³-hybridized carbons (Fsp3) is 0.417. The summed E-state index contributed by atoms with van der Waals surface area (Å²) in [6.07, 6.45) is 0.374. The highest BCUT2D eigenvalue weighted by Gasteiger charge is 2.44. The zero-order valence-corrected chi connectivity index (χ0v) is 17.8. The fourth-order valence-corrected chi connectivity index (χ4v) is 4.07. The van der Waals surface area contributed by atoms with Crippen molar-refractivity contribution in [3.05, 3.63) is 71.8 Å². The summed E-state index contributed by atoms with van der Waals surface area (Å²) in [6, 6.07) is 17.4. The molecule has 2 amide bonds. The van der Waals surface area contributed by atoms with Gasteiger partial charge in [0.1, 0.15) is 6.04 Å². The number of unbranched alkanes of at least 4 members (excludes halogenated alkanes) is 1. The summed E-state index contributed by atoms with van der Waals surface area (Å²) in [5, 5.41) is 26.1. The molecule has 31 heavy (non-hydrogen) atoms. The molecule has 1 unspecified atom stereocenters. The van der Waals surface area contributed by atoms with Crippen molar-refractivity contribution in [2.45, 2.75) is 63.5 Å². The van der Waals surface area contributed by atoms with Gasteiger partial charge < -0.3 is 20.4 Å². The largest absolute Gasteiger partial charge is 0.465 e. The van der Waals surface area contributed by atoms with Crippen LogP contribution in [-0.2, 0) is 17.8 Å². The van der Waals surface area contributed by atoms with Crippen LogP contribution in [0.15, 0.2) is 60.7 Å². The summed E-state index contributed by atoms with van der Waals surface area (Å²) in [5.41, 5.74) is 1.90. The van der Waals surface area contributed by atoms with Crippen LogP contribution >= 0.6 is 0 Å². The molecular weight excluding hydrogens is 394 g/mol. The Kier molecular flexibility index (Phi) is 8.03. The maximum absolute atomic E-state index is 13.3. The number of hydrogen-bond donors (Lipinski definition) is 4. The maximum Gasteiger partial charge on any atom is 0.404 e. The Bertz CT molecular complexity index is 846. The molecule has 0 spiro atoms. The van der Waals surface area contributed by atoms with Gasteiger partial charge in [-0.2, -0.15) is 0 Å². The van der Waals surface area contributed by atoms with Crippen molar-refractivity contribution in [3.8, 4) is 0 Å². The first-order chi connectivity index (χ1) is 15.0. The Morgan fingerprint density at radius 1 is 1.10 bits per heavy atom. The van der Waals surface area contributed by atoms with E-state index in [1.807, 2.05) is 60.7 Å². The number of aliphatic hydroxyl groups excluding tert-OH is 1. The predicted molar refractivity (Wildman–Crippen MR) is 118 cm³/mol. The van der Waals surface area contributed by atoms with Gasteiger partial charge in [-0.05, 0) is 24.0 Å². The van der Waals surface area contributed by atoms with Gasteiger partial charge in [0.05, 0.1) is 18.3 Å². The molecule has 1 aliphatic rings. The lowest BCUT2D eigenvalue weighted by molar-refractivity contribution is -0.133. The number of carbonyl (C=O) groups excluding carboxylic acids is 1. The Morgan fingerprint density at radius 3 is 2.29 bits per heavy atom. The molecule has 1 saturated heterocycles. The molecular formula is C24H31N3O4. The Hall–Kier alpha value is -2.90. The molecule has 1 heterocycles. The van der Waals surface area contributed by atoms with E-state index in [2.05, 4.69) is 17.6 Å². The van der Waals surface area contributed by atoms with Crippen LogP contribution in [0.25, 0.3) is 0 Å². The van der Waals surface area contributed by atoms with Gasteiger partial charge in [0.25, 0.3) is 0 Å². The highest BCUT2D eigenvalue weighted by atomic mass is 16.4. The van der Waals surface area contributed by atoms with Gasteiger partial charge in [-0.3, -0.25) is 10.1 Å². The van der Waals surface area contributed by atoms with Gasteiger partial charge in [-0.25, -0.2) is 4.79 Å². The number of nitrogens with zero attached hydrogens (tertiary/aromatic N) is 1. The van der Waals surface area contributed by atoms with E-state index in [0.29, 0.717) is 6.54 Å². The predicted octanol–water partition coefficient (Wildman–Crippen LogP) is 2.74. The van der Waals surface area contributed by atoms with E-state index in [4.69, 9.17) is 0 Å². The number of carbonyl (C=O) groups is 2. The van der Waals surface area contributed by atoms with Gasteiger partial charge in [0.2, 0.25) is 5.91 Å². The van der Waals surface area contributed by atoms with Crippen molar-refractivity contribution in [1.29, 1.82) is 0 Å². The third kappa shape index (κ3) is 6.06. The van der Waals surface area contributed by atoms with Crippen molar-refractivity contribution in [3.63, 3.8) is 0 Å². The molecule has 2 aromatic carbocycles. The van der Waals surface area contributed by atoms with Crippen LogP contribution in [0, 0.1) is 0 Å². The average molecular weight is 426 g/mol. The minimum absolute atomic E-state index is 0.200. The lowest BCUT2D eigenvalue weighted by Gasteiger charge is -2.26. The van der Waals surface area contributed by atoms with E-state index in [0.717, 1.165) is 30.4 Å². The molecule has 0 bridgehead atoms. The molecule has 0 saturated carbocycles. The fourth-order valence-electron chi connectivity index (χ4n) is 4.07. The molecule has 0 aliphatic carbocycles. The number of hydrogen-bond acceptors (Lipinski definition) is 4. The number of aliphatic hydroxyl groups is 1. The van der Waals surface area contributed by atoms with Gasteiger partial charge in [0, 0.05) is 6.54 Å². The Morgan fingerprint density at radius 2 is 1.71 bits per heavy atom. The lowest BCUT2D eigenvalue weighted by atomic mass is 9.96. The zero-order valence-electron chi connectivity index (χ0n) is 17.8. The van der Waals surface area contributed by atoms with Crippen LogP contribution in [0.5, 0.6) is 0 Å². The first kappa shape index (κ1) is 22.8. The smallest absolute Gasteiger partial charge is 0.404 e. The van der Waals surface area contributed by atoms with Crippen LogP contribution < -0.4 is 10.6 Å². The summed E-state index contributed by atoms with van der Waals surface area (Å²) in [6.45, 7) is 2.54. The van der Waals surface area contributed by atoms with Crippen molar-refractivity contribution in [2.24, 2.45) is 0 Å². The quantitative estimate of drug-likeness (QED) is 0.469. The summed E-state index contributed by atoms with van der Waals surface area (Å²) >= 11 is 0. The molecule has 7 heteroatoms. The van der Waals surface area contributed by atoms with E-state index in [-0.39, 0.29) is 18.5 Å².